The lowest BCUT2D eigenvalue weighted by molar-refractivity contribution is -0.142. The van der Waals surface area contributed by atoms with Crippen molar-refractivity contribution >= 4 is 11.9 Å². The van der Waals surface area contributed by atoms with E-state index in [-0.39, 0.29) is 23.8 Å². The highest BCUT2D eigenvalue weighted by atomic mass is 16.4. The fourth-order valence-corrected chi connectivity index (χ4v) is 4.84. The monoisotopic (exact) mass is 293 g/mol. The van der Waals surface area contributed by atoms with Crippen LogP contribution >= 0.6 is 0 Å². The number of aliphatic carboxylic acids is 1. The number of amides is 1. The first-order valence-corrected chi connectivity index (χ1v) is 8.68. The molecule has 0 aliphatic heterocycles. The quantitative estimate of drug-likeness (QED) is 0.840. The number of hydrogen-bond donors (Lipinski definition) is 2. The number of carboxylic acids is 1. The van der Waals surface area contributed by atoms with Crippen LogP contribution in [0.3, 0.4) is 0 Å². The standard InChI is InChI=1S/C17H27NO3/c19-16(18-15-7-3-6-14(15)17(20)21)13-9-8-11-4-1-2-5-12(11)10-13/h11-15H,1-10H2,(H,18,19)(H,20,21). The summed E-state index contributed by atoms with van der Waals surface area (Å²) in [5.74, 6) is 0.702. The second kappa shape index (κ2) is 6.37. The molecule has 118 valence electrons. The van der Waals surface area contributed by atoms with E-state index >= 15 is 0 Å². The summed E-state index contributed by atoms with van der Waals surface area (Å²) in [4.78, 5) is 23.7. The molecule has 0 spiro atoms. The predicted octanol–water partition coefficient (Wildman–Crippen LogP) is 2.96. The van der Waals surface area contributed by atoms with Crippen LogP contribution in [-0.4, -0.2) is 23.0 Å². The molecular formula is C17H27NO3. The zero-order valence-electron chi connectivity index (χ0n) is 12.7. The molecule has 3 aliphatic rings. The van der Waals surface area contributed by atoms with Crippen LogP contribution in [0.1, 0.15) is 64.2 Å². The average molecular weight is 293 g/mol. The van der Waals surface area contributed by atoms with Crippen molar-refractivity contribution < 1.29 is 14.7 Å². The van der Waals surface area contributed by atoms with Crippen LogP contribution in [0.5, 0.6) is 0 Å². The van der Waals surface area contributed by atoms with Gasteiger partial charge >= 0.3 is 5.97 Å². The molecule has 4 heteroatoms. The topological polar surface area (TPSA) is 66.4 Å². The second-order valence-corrected chi connectivity index (χ2v) is 7.31. The maximum atomic E-state index is 12.5. The Morgan fingerprint density at radius 2 is 1.62 bits per heavy atom. The summed E-state index contributed by atoms with van der Waals surface area (Å²) >= 11 is 0. The first-order chi connectivity index (χ1) is 10.1. The zero-order chi connectivity index (χ0) is 14.8. The van der Waals surface area contributed by atoms with Crippen molar-refractivity contribution in [1.29, 1.82) is 0 Å². The Morgan fingerprint density at radius 1 is 0.857 bits per heavy atom. The fourth-order valence-electron chi connectivity index (χ4n) is 4.84. The van der Waals surface area contributed by atoms with Gasteiger partial charge in [-0.25, -0.2) is 0 Å². The molecule has 0 heterocycles. The van der Waals surface area contributed by atoms with Gasteiger partial charge in [-0.1, -0.05) is 32.1 Å². The van der Waals surface area contributed by atoms with Crippen LogP contribution in [0.4, 0.5) is 0 Å². The molecule has 0 aromatic heterocycles. The van der Waals surface area contributed by atoms with Crippen molar-refractivity contribution in [2.75, 3.05) is 0 Å². The molecule has 0 aromatic carbocycles. The van der Waals surface area contributed by atoms with E-state index in [1.807, 2.05) is 0 Å². The van der Waals surface area contributed by atoms with Crippen molar-refractivity contribution in [3.05, 3.63) is 0 Å². The van der Waals surface area contributed by atoms with E-state index < -0.39 is 5.97 Å². The summed E-state index contributed by atoms with van der Waals surface area (Å²) in [6, 6.07) is -0.140. The number of rotatable bonds is 3. The average Bonchev–Trinajstić information content (AvgIpc) is 2.95. The van der Waals surface area contributed by atoms with Gasteiger partial charge < -0.3 is 10.4 Å². The maximum absolute atomic E-state index is 12.5. The van der Waals surface area contributed by atoms with Gasteiger partial charge in [0.15, 0.2) is 0 Å². The molecule has 3 fully saturated rings. The van der Waals surface area contributed by atoms with Gasteiger partial charge in [-0.05, 0) is 43.9 Å². The molecule has 0 radical (unpaired) electrons. The Hall–Kier alpha value is -1.06. The molecule has 5 unspecified atom stereocenters. The van der Waals surface area contributed by atoms with Crippen LogP contribution in [-0.2, 0) is 9.59 Å². The van der Waals surface area contributed by atoms with Gasteiger partial charge in [0, 0.05) is 12.0 Å². The first-order valence-electron chi connectivity index (χ1n) is 8.68. The number of nitrogens with one attached hydrogen (secondary N) is 1. The lowest BCUT2D eigenvalue weighted by Gasteiger charge is -2.39. The number of carboxylic acid groups (broad SMARTS) is 1. The van der Waals surface area contributed by atoms with Gasteiger partial charge in [0.2, 0.25) is 5.91 Å². The van der Waals surface area contributed by atoms with Crippen molar-refractivity contribution in [3.63, 3.8) is 0 Å². The Balaban J connectivity index is 1.54. The van der Waals surface area contributed by atoms with Gasteiger partial charge in [0.05, 0.1) is 5.92 Å². The molecule has 0 aromatic rings. The minimum Gasteiger partial charge on any atom is -0.481 e. The van der Waals surface area contributed by atoms with Crippen LogP contribution in [0.15, 0.2) is 0 Å². The third-order valence-electron chi connectivity index (χ3n) is 6.07. The van der Waals surface area contributed by atoms with Gasteiger partial charge in [-0.15, -0.1) is 0 Å². The molecule has 21 heavy (non-hydrogen) atoms. The third-order valence-corrected chi connectivity index (χ3v) is 6.07. The van der Waals surface area contributed by atoms with Crippen LogP contribution in [0.25, 0.3) is 0 Å². The van der Waals surface area contributed by atoms with Crippen molar-refractivity contribution in [3.8, 4) is 0 Å². The van der Waals surface area contributed by atoms with Crippen LogP contribution in [0.2, 0.25) is 0 Å². The molecule has 5 atom stereocenters. The lowest BCUT2D eigenvalue weighted by atomic mass is 9.67. The normalized spacial score (nSPS) is 39.5. The van der Waals surface area contributed by atoms with Gasteiger partial charge in [-0.2, -0.15) is 0 Å². The summed E-state index contributed by atoms with van der Waals surface area (Å²) in [5.41, 5.74) is 0. The molecule has 1 amide bonds. The summed E-state index contributed by atoms with van der Waals surface area (Å²) < 4.78 is 0. The fraction of sp³-hybridized carbons (Fsp3) is 0.882. The Bertz CT molecular complexity index is 409. The molecule has 0 saturated heterocycles. The highest BCUT2D eigenvalue weighted by Crippen LogP contribution is 2.42. The van der Waals surface area contributed by atoms with Gasteiger partial charge in [0.25, 0.3) is 0 Å². The molecular weight excluding hydrogens is 266 g/mol. The number of carbonyl (C=O) groups is 2. The van der Waals surface area contributed by atoms with Crippen molar-refractivity contribution in [2.45, 2.75) is 70.3 Å². The molecule has 0 bridgehead atoms. The van der Waals surface area contributed by atoms with E-state index in [9.17, 15) is 14.7 Å². The first kappa shape index (κ1) is 14.9. The van der Waals surface area contributed by atoms with E-state index in [4.69, 9.17) is 0 Å². The van der Waals surface area contributed by atoms with Gasteiger partial charge in [-0.3, -0.25) is 9.59 Å². The second-order valence-electron chi connectivity index (χ2n) is 7.31. The van der Waals surface area contributed by atoms with Crippen molar-refractivity contribution in [2.24, 2.45) is 23.7 Å². The smallest absolute Gasteiger partial charge is 0.308 e. The van der Waals surface area contributed by atoms with Crippen molar-refractivity contribution in [1.82, 2.24) is 5.32 Å². The van der Waals surface area contributed by atoms with E-state index in [1.54, 1.807) is 0 Å². The SMILES string of the molecule is O=C(NC1CCCC1C(=O)O)C1CCC2CCCCC2C1. The Morgan fingerprint density at radius 3 is 2.38 bits per heavy atom. The summed E-state index contributed by atoms with van der Waals surface area (Å²) in [6.45, 7) is 0. The van der Waals surface area contributed by atoms with E-state index in [1.165, 1.54) is 32.1 Å². The number of fused-ring (bicyclic) bond motifs is 1. The summed E-state index contributed by atoms with van der Waals surface area (Å²) in [7, 11) is 0. The highest BCUT2D eigenvalue weighted by Gasteiger charge is 2.38. The van der Waals surface area contributed by atoms with E-state index in [0.717, 1.165) is 37.5 Å². The zero-order valence-corrected chi connectivity index (χ0v) is 12.7. The highest BCUT2D eigenvalue weighted by molar-refractivity contribution is 5.80. The molecule has 3 saturated carbocycles. The third kappa shape index (κ3) is 3.24. The van der Waals surface area contributed by atoms with Gasteiger partial charge in [0.1, 0.15) is 0 Å². The lowest BCUT2D eigenvalue weighted by Crippen LogP contribution is -2.44. The Kier molecular flexibility index (Phi) is 4.51. The van der Waals surface area contributed by atoms with E-state index in [0.29, 0.717) is 6.42 Å². The molecule has 2 N–H and O–H groups in total. The summed E-state index contributed by atoms with van der Waals surface area (Å²) in [5, 5.41) is 12.3. The molecule has 4 nitrogen and oxygen atoms in total. The molecule has 3 rings (SSSR count). The largest absolute Gasteiger partial charge is 0.481 e. The summed E-state index contributed by atoms with van der Waals surface area (Å²) in [6.07, 6.45) is 11.0. The van der Waals surface area contributed by atoms with Crippen LogP contribution < -0.4 is 5.32 Å². The number of hydrogen-bond acceptors (Lipinski definition) is 2. The van der Waals surface area contributed by atoms with Crippen LogP contribution in [0, 0.1) is 23.7 Å². The molecule has 3 aliphatic carbocycles. The van der Waals surface area contributed by atoms with E-state index in [2.05, 4.69) is 5.32 Å². The Labute approximate surface area is 126 Å². The number of carbonyl (C=O) groups excluding carboxylic acids is 1. The predicted molar refractivity (Wildman–Crippen MR) is 79.7 cm³/mol. The maximum Gasteiger partial charge on any atom is 0.308 e. The minimum absolute atomic E-state index is 0.122. The minimum atomic E-state index is -0.756.